The molecule has 112 valence electrons. The number of rotatable bonds is 6. The maximum atomic E-state index is 13.6. The van der Waals surface area contributed by atoms with Gasteiger partial charge >= 0.3 is 0 Å². The maximum Gasteiger partial charge on any atom is 0.222 e. The van der Waals surface area contributed by atoms with Crippen molar-refractivity contribution < 1.29 is 13.9 Å². The fourth-order valence-electron chi connectivity index (χ4n) is 1.85. The topological polar surface area (TPSA) is 58.0 Å². The lowest BCUT2D eigenvalue weighted by molar-refractivity contribution is 0.231. The number of aliphatic hydroxyl groups excluding tert-OH is 1. The molecule has 0 spiro atoms. The average molecular weight is 314 g/mol. The van der Waals surface area contributed by atoms with E-state index in [0.29, 0.717) is 17.5 Å². The van der Waals surface area contributed by atoms with E-state index in [1.165, 1.54) is 12.4 Å². The summed E-state index contributed by atoms with van der Waals surface area (Å²) in [5.41, 5.74) is 0.230. The lowest BCUT2D eigenvalue weighted by Crippen LogP contribution is -2.21. The fourth-order valence-corrected chi connectivity index (χ4v) is 1.95. The van der Waals surface area contributed by atoms with Gasteiger partial charge < -0.3 is 10.4 Å². The van der Waals surface area contributed by atoms with Crippen molar-refractivity contribution in [2.24, 2.45) is 5.92 Å². The molecule has 0 saturated heterocycles. The Hall–Kier alpha value is -1.79. The molecule has 1 aromatic heterocycles. The van der Waals surface area contributed by atoms with Crippen LogP contribution in [0.15, 0.2) is 30.6 Å². The van der Waals surface area contributed by atoms with Gasteiger partial charge in [0.25, 0.3) is 0 Å². The number of anilines is 1. The number of nitrogens with one attached hydrogen (secondary N) is 1. The predicted molar refractivity (Wildman–Crippen MR) is 76.2 cm³/mol. The molecule has 2 rings (SSSR count). The Morgan fingerprint density at radius 2 is 1.95 bits per heavy atom. The minimum atomic E-state index is -0.503. The lowest BCUT2D eigenvalue weighted by Gasteiger charge is -2.15. The number of aliphatic hydroxyl groups is 1. The van der Waals surface area contributed by atoms with Crippen molar-refractivity contribution in [1.82, 2.24) is 9.97 Å². The Morgan fingerprint density at radius 3 is 2.62 bits per heavy atom. The van der Waals surface area contributed by atoms with Crippen LogP contribution in [0.3, 0.4) is 0 Å². The molecule has 7 heteroatoms. The van der Waals surface area contributed by atoms with Gasteiger partial charge in [-0.1, -0.05) is 11.6 Å². The number of halogens is 3. The zero-order valence-corrected chi connectivity index (χ0v) is 11.8. The summed E-state index contributed by atoms with van der Waals surface area (Å²) < 4.78 is 26.7. The van der Waals surface area contributed by atoms with E-state index in [1.54, 1.807) is 0 Å². The minimum absolute atomic E-state index is 0.170. The molecular weight excluding hydrogens is 300 g/mol. The summed E-state index contributed by atoms with van der Waals surface area (Å²) in [5.74, 6) is -0.923. The van der Waals surface area contributed by atoms with Crippen LogP contribution in [0.5, 0.6) is 0 Å². The Balaban J connectivity index is 1.96. The molecule has 0 saturated carbocycles. The van der Waals surface area contributed by atoms with Gasteiger partial charge in [0.15, 0.2) is 0 Å². The van der Waals surface area contributed by atoms with Crippen LogP contribution >= 0.6 is 11.6 Å². The van der Waals surface area contributed by atoms with Crippen molar-refractivity contribution in [3.05, 3.63) is 52.8 Å². The molecule has 0 amide bonds. The second-order valence-electron chi connectivity index (χ2n) is 4.59. The molecule has 21 heavy (non-hydrogen) atoms. The quantitative estimate of drug-likeness (QED) is 0.861. The molecule has 2 aromatic rings. The Morgan fingerprint density at radius 1 is 1.24 bits per heavy atom. The number of hydrogen-bond donors (Lipinski definition) is 2. The highest BCUT2D eigenvalue weighted by Crippen LogP contribution is 2.15. The Bertz CT molecular complexity index is 595. The molecular formula is C14H14ClF2N3O. The van der Waals surface area contributed by atoms with Gasteiger partial charge in [0.2, 0.25) is 5.95 Å². The third-order valence-corrected chi connectivity index (χ3v) is 3.14. The van der Waals surface area contributed by atoms with Gasteiger partial charge in [0.05, 0.1) is 17.4 Å². The highest BCUT2D eigenvalue weighted by atomic mass is 35.5. The van der Waals surface area contributed by atoms with Gasteiger partial charge in [0.1, 0.15) is 11.6 Å². The second-order valence-corrected chi connectivity index (χ2v) is 5.03. The lowest BCUT2D eigenvalue weighted by atomic mass is 9.99. The molecule has 1 atom stereocenters. The Kier molecular flexibility index (Phi) is 5.41. The van der Waals surface area contributed by atoms with Crippen LogP contribution in [-0.2, 0) is 6.42 Å². The van der Waals surface area contributed by atoms with Crippen LogP contribution in [-0.4, -0.2) is 28.2 Å². The molecule has 0 fully saturated rings. The molecule has 0 bridgehead atoms. The van der Waals surface area contributed by atoms with Crippen LogP contribution in [0.4, 0.5) is 14.7 Å². The number of nitrogens with zero attached hydrogens (tertiary/aromatic N) is 2. The maximum absolute atomic E-state index is 13.6. The first-order valence-electron chi connectivity index (χ1n) is 6.34. The fraction of sp³-hybridized carbons (Fsp3) is 0.286. The van der Waals surface area contributed by atoms with E-state index in [4.69, 9.17) is 11.6 Å². The molecule has 1 heterocycles. The molecule has 0 aliphatic rings. The standard InChI is InChI=1S/C14H14ClF2N3O/c15-11-6-19-14(20-7-11)18-5-9(8-21)3-10-4-12(16)1-2-13(10)17/h1-2,4,6-7,9,21H,3,5,8H2,(H,18,19,20)/t9-/m1/s1. The van der Waals surface area contributed by atoms with Crippen molar-refractivity contribution in [2.75, 3.05) is 18.5 Å². The van der Waals surface area contributed by atoms with E-state index in [1.807, 2.05) is 0 Å². The molecule has 0 unspecified atom stereocenters. The SMILES string of the molecule is OC[C@@H](CNc1ncc(Cl)cn1)Cc1cc(F)ccc1F. The molecule has 1 aromatic carbocycles. The van der Waals surface area contributed by atoms with Gasteiger partial charge in [-0.05, 0) is 30.2 Å². The molecule has 0 aliphatic heterocycles. The van der Waals surface area contributed by atoms with Crippen molar-refractivity contribution in [2.45, 2.75) is 6.42 Å². The van der Waals surface area contributed by atoms with Crippen LogP contribution in [0, 0.1) is 17.6 Å². The summed E-state index contributed by atoms with van der Waals surface area (Å²) in [7, 11) is 0. The number of aromatic nitrogens is 2. The smallest absolute Gasteiger partial charge is 0.222 e. The van der Waals surface area contributed by atoms with Crippen LogP contribution < -0.4 is 5.32 Å². The van der Waals surface area contributed by atoms with Crippen LogP contribution in [0.1, 0.15) is 5.56 Å². The number of benzene rings is 1. The summed E-state index contributed by atoms with van der Waals surface area (Å²) in [4.78, 5) is 7.91. The highest BCUT2D eigenvalue weighted by Gasteiger charge is 2.13. The van der Waals surface area contributed by atoms with Crippen molar-refractivity contribution >= 4 is 17.5 Å². The first-order chi connectivity index (χ1) is 10.1. The summed E-state index contributed by atoms with van der Waals surface area (Å²) in [6, 6.07) is 3.28. The van der Waals surface area contributed by atoms with E-state index in [9.17, 15) is 13.9 Å². The van der Waals surface area contributed by atoms with Gasteiger partial charge in [-0.15, -0.1) is 0 Å². The summed E-state index contributed by atoms with van der Waals surface area (Å²) in [6.07, 6.45) is 3.09. The predicted octanol–water partition coefficient (Wildman–Crippen LogP) is 2.67. The van der Waals surface area contributed by atoms with E-state index in [2.05, 4.69) is 15.3 Å². The normalized spacial score (nSPS) is 12.2. The van der Waals surface area contributed by atoms with Gasteiger partial charge in [-0.3, -0.25) is 0 Å². The van der Waals surface area contributed by atoms with Crippen LogP contribution in [0.2, 0.25) is 5.02 Å². The van der Waals surface area contributed by atoms with Gasteiger partial charge in [0, 0.05) is 19.1 Å². The van der Waals surface area contributed by atoms with Gasteiger partial charge in [-0.2, -0.15) is 0 Å². The molecule has 2 N–H and O–H groups in total. The Labute approximate surface area is 125 Å². The minimum Gasteiger partial charge on any atom is -0.396 e. The first kappa shape index (κ1) is 15.6. The summed E-state index contributed by atoms with van der Waals surface area (Å²) >= 11 is 5.67. The molecule has 4 nitrogen and oxygen atoms in total. The molecule has 0 radical (unpaired) electrons. The monoisotopic (exact) mass is 313 g/mol. The first-order valence-corrected chi connectivity index (χ1v) is 6.72. The third-order valence-electron chi connectivity index (χ3n) is 2.94. The van der Waals surface area contributed by atoms with E-state index in [-0.39, 0.29) is 24.5 Å². The van der Waals surface area contributed by atoms with E-state index < -0.39 is 11.6 Å². The van der Waals surface area contributed by atoms with Crippen LogP contribution in [0.25, 0.3) is 0 Å². The number of hydrogen-bond acceptors (Lipinski definition) is 4. The summed E-state index contributed by atoms with van der Waals surface area (Å²) in [6.45, 7) is 0.157. The van der Waals surface area contributed by atoms with Gasteiger partial charge in [-0.25, -0.2) is 18.7 Å². The van der Waals surface area contributed by atoms with E-state index in [0.717, 1.165) is 18.2 Å². The zero-order valence-electron chi connectivity index (χ0n) is 11.1. The second kappa shape index (κ2) is 7.28. The third kappa shape index (κ3) is 4.61. The average Bonchev–Trinajstić information content (AvgIpc) is 2.48. The van der Waals surface area contributed by atoms with Crippen molar-refractivity contribution in [1.29, 1.82) is 0 Å². The summed E-state index contributed by atoms with van der Waals surface area (Å²) in [5, 5.41) is 12.7. The highest BCUT2D eigenvalue weighted by molar-refractivity contribution is 6.30. The zero-order chi connectivity index (χ0) is 15.2. The van der Waals surface area contributed by atoms with E-state index >= 15 is 0 Å². The van der Waals surface area contributed by atoms with Crippen molar-refractivity contribution in [3.63, 3.8) is 0 Å². The molecule has 0 aliphatic carbocycles. The van der Waals surface area contributed by atoms with Crippen molar-refractivity contribution in [3.8, 4) is 0 Å². The largest absolute Gasteiger partial charge is 0.396 e.